The number of hydrogen-bond donors (Lipinski definition) is 0. The van der Waals surface area contributed by atoms with E-state index < -0.39 is 20.4 Å². The molecule has 8 heteroatoms. The first-order valence-electron chi connectivity index (χ1n) is 5.70. The van der Waals surface area contributed by atoms with E-state index in [0.717, 1.165) is 9.83 Å². The molecule has 0 unspecified atom stereocenters. The minimum Gasteiger partial charge on any atom is -0.450 e. The Hall–Kier alpha value is -1.68. The van der Waals surface area contributed by atoms with Crippen LogP contribution < -0.4 is 4.74 Å². The third kappa shape index (κ3) is 3.70. The zero-order chi connectivity index (χ0) is 15.6. The van der Waals surface area contributed by atoms with Crippen molar-refractivity contribution < 1.29 is 18.1 Å². The quantitative estimate of drug-likeness (QED) is 0.431. The van der Waals surface area contributed by atoms with Crippen LogP contribution in [0.3, 0.4) is 0 Å². The van der Waals surface area contributed by atoms with Crippen LogP contribution in [0.2, 0.25) is 0 Å². The molecule has 0 atom stereocenters. The lowest BCUT2D eigenvalue weighted by molar-refractivity contribution is -0.388. The monoisotopic (exact) mass is 419 g/mol. The van der Waals surface area contributed by atoms with Crippen molar-refractivity contribution in [2.45, 2.75) is 4.90 Å². The van der Waals surface area contributed by atoms with E-state index in [1.165, 1.54) is 18.2 Å². The molecule has 6 nitrogen and oxygen atoms in total. The second kappa shape index (κ2) is 5.98. The largest absolute Gasteiger partial charge is 0.450 e. The maximum absolute atomic E-state index is 11.7. The van der Waals surface area contributed by atoms with Crippen molar-refractivity contribution in [3.05, 3.63) is 56.1 Å². The van der Waals surface area contributed by atoms with Crippen LogP contribution in [-0.4, -0.2) is 19.6 Å². The Balaban J connectivity index is 2.57. The Kier molecular flexibility index (Phi) is 4.47. The number of nitro groups is 1. The Labute approximate surface area is 135 Å². The lowest BCUT2D eigenvalue weighted by Gasteiger charge is -2.08. The predicted octanol–water partition coefficient (Wildman–Crippen LogP) is 3.40. The molecule has 2 aromatic rings. The Morgan fingerprint density at radius 2 is 1.86 bits per heavy atom. The van der Waals surface area contributed by atoms with Gasteiger partial charge in [0.15, 0.2) is 9.84 Å². The molecule has 0 amide bonds. The highest BCUT2D eigenvalue weighted by Crippen LogP contribution is 2.36. The highest BCUT2D eigenvalue weighted by Gasteiger charge is 2.27. The molecular weight excluding hydrogens is 409 g/mol. The zero-order valence-electron chi connectivity index (χ0n) is 10.8. The Morgan fingerprint density at radius 3 is 2.43 bits per heavy atom. The van der Waals surface area contributed by atoms with Crippen molar-refractivity contribution in [1.29, 1.82) is 0 Å². The molecule has 0 radical (unpaired) electrons. The summed E-state index contributed by atoms with van der Waals surface area (Å²) in [5.74, 6) is 0.292. The van der Waals surface area contributed by atoms with Crippen LogP contribution in [0, 0.1) is 13.7 Å². The Bertz CT molecular complexity index is 804. The summed E-state index contributed by atoms with van der Waals surface area (Å²) in [6, 6.07) is 10.9. The van der Waals surface area contributed by atoms with Gasteiger partial charge in [0.05, 0.1) is 4.92 Å². The van der Waals surface area contributed by atoms with Crippen molar-refractivity contribution in [2.75, 3.05) is 6.26 Å². The standard InChI is InChI=1S/C13H10INO5S/c1-21(18,19)12-7-3-6-11(13(12)15(16)17)20-10-5-2-4-9(14)8-10/h2-8H,1H3. The van der Waals surface area contributed by atoms with Gasteiger partial charge in [-0.05, 0) is 52.9 Å². The van der Waals surface area contributed by atoms with Gasteiger partial charge in [-0.1, -0.05) is 12.1 Å². The first-order valence-corrected chi connectivity index (χ1v) is 8.67. The topological polar surface area (TPSA) is 86.5 Å². The molecule has 2 rings (SSSR count). The summed E-state index contributed by atoms with van der Waals surface area (Å²) < 4.78 is 29.7. The third-order valence-electron chi connectivity index (χ3n) is 2.57. The summed E-state index contributed by atoms with van der Waals surface area (Å²) >= 11 is 2.08. The van der Waals surface area contributed by atoms with Crippen LogP contribution in [0.25, 0.3) is 0 Å². The van der Waals surface area contributed by atoms with Crippen LogP contribution >= 0.6 is 22.6 Å². The molecule has 0 saturated heterocycles. The van der Waals surface area contributed by atoms with E-state index in [2.05, 4.69) is 22.6 Å². The first kappa shape index (κ1) is 15.7. The zero-order valence-corrected chi connectivity index (χ0v) is 13.8. The maximum atomic E-state index is 11.7. The van der Waals surface area contributed by atoms with E-state index >= 15 is 0 Å². The molecule has 2 aromatic carbocycles. The summed E-state index contributed by atoms with van der Waals surface area (Å²) in [4.78, 5) is 10.1. The van der Waals surface area contributed by atoms with Gasteiger partial charge < -0.3 is 4.74 Å². The number of rotatable bonds is 4. The smallest absolute Gasteiger partial charge is 0.330 e. The van der Waals surface area contributed by atoms with Gasteiger partial charge >= 0.3 is 5.69 Å². The average Bonchev–Trinajstić information content (AvgIpc) is 2.37. The minimum absolute atomic E-state index is 0.107. The van der Waals surface area contributed by atoms with Gasteiger partial charge in [0.1, 0.15) is 10.6 Å². The van der Waals surface area contributed by atoms with Gasteiger partial charge in [0, 0.05) is 9.83 Å². The lowest BCUT2D eigenvalue weighted by atomic mass is 10.3. The molecule has 0 saturated carbocycles. The highest BCUT2D eigenvalue weighted by molar-refractivity contribution is 14.1. The summed E-state index contributed by atoms with van der Waals surface area (Å²) in [6.07, 6.45) is 0.921. The number of para-hydroxylation sites is 1. The molecule has 0 heterocycles. The minimum atomic E-state index is -3.72. The van der Waals surface area contributed by atoms with Crippen molar-refractivity contribution >= 4 is 38.1 Å². The van der Waals surface area contributed by atoms with Crippen molar-refractivity contribution in [1.82, 2.24) is 0 Å². The molecule has 0 N–H and O–H groups in total. The molecule has 0 aliphatic heterocycles. The number of halogens is 1. The number of benzene rings is 2. The molecule has 21 heavy (non-hydrogen) atoms. The van der Waals surface area contributed by atoms with Gasteiger partial charge in [-0.3, -0.25) is 10.1 Å². The third-order valence-corrected chi connectivity index (χ3v) is 4.37. The van der Waals surface area contributed by atoms with Crippen LogP contribution in [-0.2, 0) is 9.84 Å². The SMILES string of the molecule is CS(=O)(=O)c1cccc(Oc2cccc(I)c2)c1[N+](=O)[O-]. The molecule has 0 aromatic heterocycles. The van der Waals surface area contributed by atoms with E-state index in [4.69, 9.17) is 4.74 Å². The van der Waals surface area contributed by atoms with Crippen molar-refractivity contribution in [3.63, 3.8) is 0 Å². The van der Waals surface area contributed by atoms with Crippen LogP contribution in [0.15, 0.2) is 47.4 Å². The summed E-state index contributed by atoms with van der Waals surface area (Å²) in [5, 5.41) is 11.2. The lowest BCUT2D eigenvalue weighted by Crippen LogP contribution is -2.04. The highest BCUT2D eigenvalue weighted by atomic mass is 127. The number of ether oxygens (including phenoxy) is 1. The van der Waals surface area contributed by atoms with Gasteiger partial charge in [-0.15, -0.1) is 0 Å². The fraction of sp³-hybridized carbons (Fsp3) is 0.0769. The van der Waals surface area contributed by atoms with Gasteiger partial charge in [0.2, 0.25) is 5.75 Å². The number of hydrogen-bond acceptors (Lipinski definition) is 5. The van der Waals surface area contributed by atoms with Crippen LogP contribution in [0.1, 0.15) is 0 Å². The summed E-state index contributed by atoms with van der Waals surface area (Å²) in [5.41, 5.74) is -0.557. The van der Waals surface area contributed by atoms with E-state index in [1.807, 2.05) is 6.07 Å². The fourth-order valence-electron chi connectivity index (χ4n) is 1.72. The number of sulfone groups is 1. The number of nitro benzene ring substituents is 1. The second-order valence-electron chi connectivity index (χ2n) is 4.19. The van der Waals surface area contributed by atoms with E-state index in [0.29, 0.717) is 5.75 Å². The van der Waals surface area contributed by atoms with E-state index in [-0.39, 0.29) is 10.6 Å². The molecule has 110 valence electrons. The van der Waals surface area contributed by atoms with E-state index in [1.54, 1.807) is 18.2 Å². The molecule has 0 bridgehead atoms. The normalized spacial score (nSPS) is 11.1. The molecule has 0 aliphatic rings. The van der Waals surface area contributed by atoms with Gasteiger partial charge in [-0.2, -0.15) is 0 Å². The molecule has 0 spiro atoms. The molecule has 0 fully saturated rings. The fourth-order valence-corrected chi connectivity index (χ4v) is 3.09. The van der Waals surface area contributed by atoms with Crippen LogP contribution in [0.4, 0.5) is 5.69 Å². The number of nitrogens with zero attached hydrogens (tertiary/aromatic N) is 1. The van der Waals surface area contributed by atoms with Crippen molar-refractivity contribution in [3.8, 4) is 11.5 Å². The summed E-state index contributed by atoms with van der Waals surface area (Å²) in [6.45, 7) is 0. The predicted molar refractivity (Wildman–Crippen MR) is 85.4 cm³/mol. The molecular formula is C13H10INO5S. The van der Waals surface area contributed by atoms with Gasteiger partial charge in [0.25, 0.3) is 0 Å². The average molecular weight is 419 g/mol. The maximum Gasteiger partial charge on any atom is 0.330 e. The first-order chi connectivity index (χ1) is 9.79. The molecule has 0 aliphatic carbocycles. The summed E-state index contributed by atoms with van der Waals surface area (Å²) in [7, 11) is -3.72. The van der Waals surface area contributed by atoms with Crippen molar-refractivity contribution in [2.24, 2.45) is 0 Å². The van der Waals surface area contributed by atoms with Crippen LogP contribution in [0.5, 0.6) is 11.5 Å². The van der Waals surface area contributed by atoms with E-state index in [9.17, 15) is 18.5 Å². The Morgan fingerprint density at radius 1 is 1.19 bits per heavy atom. The second-order valence-corrected chi connectivity index (χ2v) is 7.42. The van der Waals surface area contributed by atoms with Gasteiger partial charge in [-0.25, -0.2) is 8.42 Å².